The second-order valence-electron chi connectivity index (χ2n) is 5.75. The Labute approximate surface area is 142 Å². The van der Waals surface area contributed by atoms with Crippen molar-refractivity contribution in [2.75, 3.05) is 11.4 Å². The lowest BCUT2D eigenvalue weighted by Gasteiger charge is -2.15. The molecule has 2 heterocycles. The van der Waals surface area contributed by atoms with Gasteiger partial charge in [0.15, 0.2) is 5.58 Å². The highest BCUT2D eigenvalue weighted by atomic mass is 35.5. The Morgan fingerprint density at radius 2 is 2.00 bits per heavy atom. The third-order valence-corrected chi connectivity index (χ3v) is 4.46. The molecule has 1 saturated heterocycles. The van der Waals surface area contributed by atoms with E-state index in [9.17, 15) is 9.59 Å². The Morgan fingerprint density at radius 3 is 2.71 bits per heavy atom. The van der Waals surface area contributed by atoms with Crippen molar-refractivity contribution in [3.63, 3.8) is 0 Å². The van der Waals surface area contributed by atoms with Gasteiger partial charge in [-0.3, -0.25) is 9.59 Å². The predicted molar refractivity (Wildman–Crippen MR) is 90.8 cm³/mol. The van der Waals surface area contributed by atoms with Gasteiger partial charge in [0.2, 0.25) is 17.0 Å². The van der Waals surface area contributed by atoms with Crippen LogP contribution in [0.2, 0.25) is 0 Å². The number of anilines is 1. The zero-order valence-electron chi connectivity index (χ0n) is 12.6. The summed E-state index contributed by atoms with van der Waals surface area (Å²) in [4.78, 5) is 29.5. The maximum absolute atomic E-state index is 12.1. The van der Waals surface area contributed by atoms with Crippen molar-refractivity contribution in [3.8, 4) is 11.5 Å². The Bertz CT molecular complexity index is 936. The van der Waals surface area contributed by atoms with Gasteiger partial charge in [-0.05, 0) is 41.9 Å². The molecular formula is C18H13ClN2O3. The van der Waals surface area contributed by atoms with E-state index in [1.807, 2.05) is 30.3 Å². The van der Waals surface area contributed by atoms with Gasteiger partial charge in [0.05, 0.1) is 5.92 Å². The molecule has 0 unspecified atom stereocenters. The predicted octanol–water partition coefficient (Wildman–Crippen LogP) is 3.61. The maximum Gasteiger partial charge on any atom is 0.227 e. The van der Waals surface area contributed by atoms with E-state index in [0.29, 0.717) is 29.2 Å². The number of hydrogen-bond donors (Lipinski definition) is 0. The van der Waals surface area contributed by atoms with Crippen LogP contribution in [0.5, 0.6) is 0 Å². The summed E-state index contributed by atoms with van der Waals surface area (Å²) in [6.07, 6.45) is 0.147. The first kappa shape index (κ1) is 14.9. The van der Waals surface area contributed by atoms with Gasteiger partial charge < -0.3 is 9.32 Å². The average molecular weight is 341 g/mol. The number of nitrogens with zero attached hydrogens (tertiary/aromatic N) is 2. The summed E-state index contributed by atoms with van der Waals surface area (Å²) in [6.45, 7) is 0.302. The van der Waals surface area contributed by atoms with Gasteiger partial charge in [-0.2, -0.15) is 0 Å². The summed E-state index contributed by atoms with van der Waals surface area (Å²) in [5.41, 5.74) is 2.90. The van der Waals surface area contributed by atoms with Crippen molar-refractivity contribution in [2.24, 2.45) is 5.92 Å². The number of benzene rings is 2. The Morgan fingerprint density at radius 1 is 1.21 bits per heavy atom. The van der Waals surface area contributed by atoms with Crippen molar-refractivity contribution < 1.29 is 14.0 Å². The molecule has 0 saturated carbocycles. The normalized spacial score (nSPS) is 17.6. The van der Waals surface area contributed by atoms with Gasteiger partial charge in [0.25, 0.3) is 0 Å². The summed E-state index contributed by atoms with van der Waals surface area (Å²) < 4.78 is 5.77. The summed E-state index contributed by atoms with van der Waals surface area (Å²) in [7, 11) is 0. The lowest BCUT2D eigenvalue weighted by atomic mass is 10.1. The molecule has 0 radical (unpaired) electrons. The summed E-state index contributed by atoms with van der Waals surface area (Å²) in [5.74, 6) is -0.0310. The number of aromatic nitrogens is 1. The summed E-state index contributed by atoms with van der Waals surface area (Å²) in [6, 6.07) is 15.0. The van der Waals surface area contributed by atoms with Crippen LogP contribution in [0.15, 0.2) is 52.9 Å². The Hall–Kier alpha value is -2.66. The van der Waals surface area contributed by atoms with Crippen LogP contribution in [0.3, 0.4) is 0 Å². The van der Waals surface area contributed by atoms with E-state index in [1.54, 1.807) is 23.1 Å². The highest BCUT2D eigenvalue weighted by molar-refractivity contribution is 6.64. The smallest absolute Gasteiger partial charge is 0.227 e. The molecule has 5 nitrogen and oxygen atoms in total. The standard InChI is InChI=1S/C18H13ClN2O3/c19-17(23)12-8-16(22)21(10-12)13-6-7-15-14(9-13)20-18(24-15)11-4-2-1-3-5-11/h1-7,9,12H,8,10H2/t12-/m1/s1. The number of carbonyl (C=O) groups excluding carboxylic acids is 2. The van der Waals surface area contributed by atoms with Crippen LogP contribution in [-0.4, -0.2) is 22.7 Å². The van der Waals surface area contributed by atoms with Crippen molar-refractivity contribution >= 4 is 39.5 Å². The molecule has 120 valence electrons. The third-order valence-electron chi connectivity index (χ3n) is 4.15. The van der Waals surface area contributed by atoms with E-state index in [-0.39, 0.29) is 12.3 Å². The molecule has 1 aliphatic rings. The van der Waals surface area contributed by atoms with Gasteiger partial charge in [-0.25, -0.2) is 4.98 Å². The van der Waals surface area contributed by atoms with Gasteiger partial charge in [0, 0.05) is 24.2 Å². The fourth-order valence-corrected chi connectivity index (χ4v) is 3.04. The highest BCUT2D eigenvalue weighted by Crippen LogP contribution is 2.31. The molecule has 4 rings (SSSR count). The van der Waals surface area contributed by atoms with Crippen LogP contribution in [-0.2, 0) is 9.59 Å². The zero-order valence-corrected chi connectivity index (χ0v) is 13.4. The Balaban J connectivity index is 1.69. The van der Waals surface area contributed by atoms with E-state index in [4.69, 9.17) is 16.0 Å². The van der Waals surface area contributed by atoms with E-state index < -0.39 is 11.2 Å². The molecule has 0 aliphatic carbocycles. The molecule has 1 amide bonds. The van der Waals surface area contributed by atoms with Crippen molar-refractivity contribution in [2.45, 2.75) is 6.42 Å². The maximum atomic E-state index is 12.1. The molecule has 6 heteroatoms. The van der Waals surface area contributed by atoms with E-state index in [1.165, 1.54) is 0 Å². The molecule has 1 aliphatic heterocycles. The van der Waals surface area contributed by atoms with E-state index in [2.05, 4.69) is 4.98 Å². The number of halogens is 1. The number of amides is 1. The first-order chi connectivity index (χ1) is 11.6. The molecule has 0 spiro atoms. The highest BCUT2D eigenvalue weighted by Gasteiger charge is 2.34. The molecule has 1 atom stereocenters. The molecule has 24 heavy (non-hydrogen) atoms. The molecule has 0 bridgehead atoms. The minimum absolute atomic E-state index is 0.111. The van der Waals surface area contributed by atoms with Crippen LogP contribution in [0.4, 0.5) is 5.69 Å². The molecule has 1 fully saturated rings. The zero-order chi connectivity index (χ0) is 16.7. The lowest BCUT2D eigenvalue weighted by molar-refractivity contribution is -0.120. The van der Waals surface area contributed by atoms with Crippen LogP contribution in [0.25, 0.3) is 22.6 Å². The van der Waals surface area contributed by atoms with Gasteiger partial charge in [-0.1, -0.05) is 18.2 Å². The minimum atomic E-state index is -0.472. The third kappa shape index (κ3) is 2.57. The van der Waals surface area contributed by atoms with E-state index >= 15 is 0 Å². The molecule has 1 aromatic heterocycles. The molecular weight excluding hydrogens is 328 g/mol. The number of hydrogen-bond acceptors (Lipinski definition) is 4. The first-order valence-electron chi connectivity index (χ1n) is 7.57. The molecule has 3 aromatic rings. The lowest BCUT2D eigenvalue weighted by Crippen LogP contribution is -2.25. The van der Waals surface area contributed by atoms with E-state index in [0.717, 1.165) is 5.56 Å². The minimum Gasteiger partial charge on any atom is -0.436 e. The largest absolute Gasteiger partial charge is 0.436 e. The van der Waals surface area contributed by atoms with Gasteiger partial charge >= 0.3 is 0 Å². The summed E-state index contributed by atoms with van der Waals surface area (Å²) in [5, 5.41) is -0.472. The number of fused-ring (bicyclic) bond motifs is 1. The van der Waals surface area contributed by atoms with Crippen molar-refractivity contribution in [1.82, 2.24) is 4.98 Å². The topological polar surface area (TPSA) is 63.4 Å². The fraction of sp³-hybridized carbons (Fsp3) is 0.167. The average Bonchev–Trinajstić information content (AvgIpc) is 3.18. The van der Waals surface area contributed by atoms with Gasteiger partial charge in [0.1, 0.15) is 5.52 Å². The SMILES string of the molecule is O=C(Cl)[C@@H]1CC(=O)N(c2ccc3oc(-c4ccccc4)nc3c2)C1. The molecule has 0 N–H and O–H groups in total. The second-order valence-corrected chi connectivity index (χ2v) is 6.12. The van der Waals surface area contributed by atoms with Crippen LogP contribution >= 0.6 is 11.6 Å². The van der Waals surface area contributed by atoms with Crippen molar-refractivity contribution in [1.29, 1.82) is 0 Å². The number of oxazole rings is 1. The fourth-order valence-electron chi connectivity index (χ4n) is 2.90. The Kier molecular flexibility index (Phi) is 3.58. The van der Waals surface area contributed by atoms with Crippen molar-refractivity contribution in [3.05, 3.63) is 48.5 Å². The summed E-state index contributed by atoms with van der Waals surface area (Å²) >= 11 is 5.52. The monoisotopic (exact) mass is 340 g/mol. The second kappa shape index (κ2) is 5.76. The van der Waals surface area contributed by atoms with Crippen LogP contribution < -0.4 is 4.90 Å². The van der Waals surface area contributed by atoms with Crippen LogP contribution in [0, 0.1) is 5.92 Å². The number of rotatable bonds is 3. The number of carbonyl (C=O) groups is 2. The molecule has 2 aromatic carbocycles. The van der Waals surface area contributed by atoms with Crippen LogP contribution in [0.1, 0.15) is 6.42 Å². The quantitative estimate of drug-likeness (QED) is 0.683. The van der Waals surface area contributed by atoms with Gasteiger partial charge in [-0.15, -0.1) is 0 Å². The first-order valence-corrected chi connectivity index (χ1v) is 7.95.